The molecule has 0 bridgehead atoms. The monoisotopic (exact) mass is 305 g/mol. The third kappa shape index (κ3) is 3.77. The van der Waals surface area contributed by atoms with Gasteiger partial charge in [-0.3, -0.25) is 4.79 Å². The van der Waals surface area contributed by atoms with Gasteiger partial charge in [0.25, 0.3) is 0 Å². The number of carbonyl (C=O) groups excluding carboxylic acids is 1. The maximum absolute atomic E-state index is 12.9. The molecule has 0 unspecified atom stereocenters. The van der Waals surface area contributed by atoms with Crippen LogP contribution in [-0.4, -0.2) is 43.0 Å². The summed E-state index contributed by atoms with van der Waals surface area (Å²) in [5.74, 6) is 0.307. The zero-order valence-corrected chi connectivity index (χ0v) is 12.9. The van der Waals surface area contributed by atoms with Gasteiger partial charge >= 0.3 is 0 Å². The van der Waals surface area contributed by atoms with Gasteiger partial charge in [0.1, 0.15) is 5.82 Å². The van der Waals surface area contributed by atoms with E-state index in [1.807, 2.05) is 4.90 Å². The van der Waals surface area contributed by atoms with E-state index in [-0.39, 0.29) is 11.7 Å². The van der Waals surface area contributed by atoms with Crippen molar-refractivity contribution in [3.63, 3.8) is 0 Å². The fourth-order valence-electron chi connectivity index (χ4n) is 3.41. The number of hydrogen-bond acceptors (Lipinski definition) is 3. The van der Waals surface area contributed by atoms with Crippen LogP contribution in [0.25, 0.3) is 0 Å². The van der Waals surface area contributed by atoms with Gasteiger partial charge < -0.3 is 15.5 Å². The predicted octanol–water partition coefficient (Wildman–Crippen LogP) is 2.23. The van der Waals surface area contributed by atoms with E-state index in [0.29, 0.717) is 11.9 Å². The summed E-state index contributed by atoms with van der Waals surface area (Å²) in [6.45, 7) is 3.50. The zero-order chi connectivity index (χ0) is 15.4. The van der Waals surface area contributed by atoms with Crippen LogP contribution in [0.1, 0.15) is 25.7 Å². The molecular weight excluding hydrogens is 281 g/mol. The molecule has 0 radical (unpaired) electrons. The second-order valence-electron chi connectivity index (χ2n) is 6.28. The Hall–Kier alpha value is -1.62. The molecule has 1 saturated heterocycles. The standard InChI is InChI=1S/C17H24FN3O/c18-14-3-7-16(8-4-14)20-15-5-1-13(2-6-15)17(22)21-11-9-19-10-12-21/h3-4,7-8,13,15,19-20H,1-2,5-6,9-12H2. The molecule has 1 amide bonds. The lowest BCUT2D eigenvalue weighted by atomic mass is 9.85. The topological polar surface area (TPSA) is 44.4 Å². The van der Waals surface area contributed by atoms with E-state index in [4.69, 9.17) is 0 Å². The Morgan fingerprint density at radius 1 is 1.09 bits per heavy atom. The van der Waals surface area contributed by atoms with Crippen molar-refractivity contribution >= 4 is 11.6 Å². The highest BCUT2D eigenvalue weighted by Gasteiger charge is 2.29. The van der Waals surface area contributed by atoms with E-state index in [0.717, 1.165) is 57.5 Å². The van der Waals surface area contributed by atoms with Crippen molar-refractivity contribution in [2.75, 3.05) is 31.5 Å². The molecule has 4 nitrogen and oxygen atoms in total. The maximum Gasteiger partial charge on any atom is 0.225 e. The van der Waals surface area contributed by atoms with Crippen molar-refractivity contribution in [2.45, 2.75) is 31.7 Å². The molecule has 2 N–H and O–H groups in total. The number of rotatable bonds is 3. The SMILES string of the molecule is O=C(C1CCC(Nc2ccc(F)cc2)CC1)N1CCNCC1. The van der Waals surface area contributed by atoms with Crippen LogP contribution in [0.15, 0.2) is 24.3 Å². The fraction of sp³-hybridized carbons (Fsp3) is 0.588. The molecule has 1 heterocycles. The third-order valence-electron chi connectivity index (χ3n) is 4.72. The molecule has 2 aliphatic rings. The van der Waals surface area contributed by atoms with E-state index >= 15 is 0 Å². The molecule has 1 aliphatic heterocycles. The predicted molar refractivity (Wildman–Crippen MR) is 85.2 cm³/mol. The van der Waals surface area contributed by atoms with Crippen molar-refractivity contribution in [3.05, 3.63) is 30.1 Å². The van der Waals surface area contributed by atoms with Gasteiger partial charge in [-0.2, -0.15) is 0 Å². The van der Waals surface area contributed by atoms with Crippen molar-refractivity contribution in [3.8, 4) is 0 Å². The molecule has 0 spiro atoms. The largest absolute Gasteiger partial charge is 0.382 e. The molecule has 1 aromatic carbocycles. The van der Waals surface area contributed by atoms with Crippen LogP contribution in [-0.2, 0) is 4.79 Å². The van der Waals surface area contributed by atoms with Gasteiger partial charge in [-0.25, -0.2) is 4.39 Å². The number of nitrogens with zero attached hydrogens (tertiary/aromatic N) is 1. The minimum absolute atomic E-state index is 0.185. The van der Waals surface area contributed by atoms with Gasteiger partial charge in [0.2, 0.25) is 5.91 Å². The van der Waals surface area contributed by atoms with Gasteiger partial charge in [-0.15, -0.1) is 0 Å². The van der Waals surface area contributed by atoms with E-state index in [9.17, 15) is 9.18 Å². The first-order valence-corrected chi connectivity index (χ1v) is 8.24. The Morgan fingerprint density at radius 3 is 2.36 bits per heavy atom. The number of nitrogens with one attached hydrogen (secondary N) is 2. The number of piperazine rings is 1. The molecule has 1 aliphatic carbocycles. The number of hydrogen-bond donors (Lipinski definition) is 2. The van der Waals surface area contributed by atoms with Crippen LogP contribution in [0.4, 0.5) is 10.1 Å². The first kappa shape index (κ1) is 15.3. The number of anilines is 1. The maximum atomic E-state index is 12.9. The lowest BCUT2D eigenvalue weighted by Crippen LogP contribution is -2.49. The van der Waals surface area contributed by atoms with E-state index in [1.54, 1.807) is 12.1 Å². The van der Waals surface area contributed by atoms with Crippen LogP contribution in [0.3, 0.4) is 0 Å². The minimum atomic E-state index is -0.212. The summed E-state index contributed by atoms with van der Waals surface area (Å²) in [7, 11) is 0. The summed E-state index contributed by atoms with van der Waals surface area (Å²) in [4.78, 5) is 14.5. The van der Waals surface area contributed by atoms with Gasteiger partial charge in [0, 0.05) is 43.8 Å². The van der Waals surface area contributed by atoms with Crippen molar-refractivity contribution in [1.29, 1.82) is 0 Å². The summed E-state index contributed by atoms with van der Waals surface area (Å²) in [5, 5.41) is 6.73. The van der Waals surface area contributed by atoms with Gasteiger partial charge in [-0.05, 0) is 49.9 Å². The first-order valence-electron chi connectivity index (χ1n) is 8.24. The van der Waals surface area contributed by atoms with Crippen molar-refractivity contribution in [2.24, 2.45) is 5.92 Å². The Bertz CT molecular complexity index is 491. The number of halogens is 1. The molecule has 2 fully saturated rings. The Kier molecular flexibility index (Phi) is 4.93. The van der Waals surface area contributed by atoms with E-state index in [2.05, 4.69) is 10.6 Å². The highest BCUT2D eigenvalue weighted by Crippen LogP contribution is 2.28. The molecule has 1 aromatic rings. The van der Waals surface area contributed by atoms with Crippen molar-refractivity contribution < 1.29 is 9.18 Å². The molecule has 22 heavy (non-hydrogen) atoms. The Morgan fingerprint density at radius 2 is 1.73 bits per heavy atom. The van der Waals surface area contributed by atoms with Gasteiger partial charge in [0.05, 0.1) is 0 Å². The normalized spacial score (nSPS) is 25.8. The average Bonchev–Trinajstić information content (AvgIpc) is 2.58. The molecule has 3 rings (SSSR count). The lowest BCUT2D eigenvalue weighted by molar-refractivity contribution is -0.137. The van der Waals surface area contributed by atoms with Crippen LogP contribution in [0.5, 0.6) is 0 Å². The molecule has 5 heteroatoms. The number of benzene rings is 1. The summed E-state index contributed by atoms with van der Waals surface area (Å²) >= 11 is 0. The van der Waals surface area contributed by atoms with Gasteiger partial charge in [-0.1, -0.05) is 0 Å². The molecule has 1 saturated carbocycles. The highest BCUT2D eigenvalue weighted by atomic mass is 19.1. The average molecular weight is 305 g/mol. The Labute approximate surface area is 131 Å². The van der Waals surface area contributed by atoms with Crippen molar-refractivity contribution in [1.82, 2.24) is 10.2 Å². The molecule has 120 valence electrons. The minimum Gasteiger partial charge on any atom is -0.382 e. The second kappa shape index (κ2) is 7.09. The Balaban J connectivity index is 1.47. The third-order valence-corrected chi connectivity index (χ3v) is 4.72. The van der Waals surface area contributed by atoms with E-state index < -0.39 is 0 Å². The number of amides is 1. The second-order valence-corrected chi connectivity index (χ2v) is 6.28. The summed E-state index contributed by atoms with van der Waals surface area (Å²) < 4.78 is 12.9. The summed E-state index contributed by atoms with van der Waals surface area (Å²) in [6.07, 6.45) is 3.89. The van der Waals surface area contributed by atoms with Crippen LogP contribution >= 0.6 is 0 Å². The highest BCUT2D eigenvalue weighted by molar-refractivity contribution is 5.79. The molecular formula is C17H24FN3O. The smallest absolute Gasteiger partial charge is 0.225 e. The fourth-order valence-corrected chi connectivity index (χ4v) is 3.41. The van der Waals surface area contributed by atoms with Crippen LogP contribution in [0.2, 0.25) is 0 Å². The van der Waals surface area contributed by atoms with E-state index in [1.165, 1.54) is 12.1 Å². The molecule has 0 aromatic heterocycles. The quantitative estimate of drug-likeness (QED) is 0.900. The van der Waals surface area contributed by atoms with Crippen LogP contribution < -0.4 is 10.6 Å². The lowest BCUT2D eigenvalue weighted by Gasteiger charge is -2.34. The van der Waals surface area contributed by atoms with Crippen LogP contribution in [0, 0.1) is 11.7 Å². The number of carbonyl (C=O) groups is 1. The summed E-state index contributed by atoms with van der Waals surface area (Å²) in [6, 6.07) is 6.88. The zero-order valence-electron chi connectivity index (χ0n) is 12.9. The summed E-state index contributed by atoms with van der Waals surface area (Å²) in [5.41, 5.74) is 0.957. The van der Waals surface area contributed by atoms with Gasteiger partial charge in [0.15, 0.2) is 0 Å². The molecule has 0 atom stereocenters. The first-order chi connectivity index (χ1) is 10.7.